The lowest BCUT2D eigenvalue weighted by molar-refractivity contribution is -0.143. The number of benzene rings is 1. The molecule has 1 atom stereocenters. The summed E-state index contributed by atoms with van der Waals surface area (Å²) in [5, 5.41) is 0. The van der Waals surface area contributed by atoms with Crippen molar-refractivity contribution in [3.63, 3.8) is 0 Å². The fourth-order valence-electron chi connectivity index (χ4n) is 3.98. The lowest BCUT2D eigenvalue weighted by Crippen LogP contribution is -2.54. The molecule has 1 heterocycles. The van der Waals surface area contributed by atoms with Crippen LogP contribution in [0, 0.1) is 17.6 Å². The molecule has 1 amide bonds. The van der Waals surface area contributed by atoms with Gasteiger partial charge >= 0.3 is 0 Å². The Morgan fingerprint density at radius 2 is 2.00 bits per heavy atom. The van der Waals surface area contributed by atoms with Crippen LogP contribution in [-0.2, 0) is 14.9 Å². The van der Waals surface area contributed by atoms with Crippen LogP contribution in [-0.4, -0.2) is 37.6 Å². The highest BCUT2D eigenvalue weighted by Crippen LogP contribution is 2.47. The van der Waals surface area contributed by atoms with Crippen LogP contribution in [0.2, 0.25) is 0 Å². The van der Waals surface area contributed by atoms with Crippen LogP contribution in [0.1, 0.15) is 37.7 Å². The van der Waals surface area contributed by atoms with Crippen molar-refractivity contribution in [1.82, 2.24) is 4.90 Å². The van der Waals surface area contributed by atoms with Crippen molar-refractivity contribution < 1.29 is 18.3 Å². The minimum absolute atomic E-state index is 0.0369. The predicted molar refractivity (Wildman–Crippen MR) is 83.1 cm³/mol. The summed E-state index contributed by atoms with van der Waals surface area (Å²) < 4.78 is 33.7. The molecule has 3 rings (SSSR count). The monoisotopic (exact) mass is 323 g/mol. The maximum atomic E-state index is 14.3. The van der Waals surface area contributed by atoms with Gasteiger partial charge in [0.1, 0.15) is 11.6 Å². The van der Waals surface area contributed by atoms with Crippen molar-refractivity contribution in [2.45, 2.75) is 37.5 Å². The first-order chi connectivity index (χ1) is 11.1. The van der Waals surface area contributed by atoms with E-state index < -0.39 is 17.0 Å². The molecule has 2 fully saturated rings. The van der Waals surface area contributed by atoms with Gasteiger partial charge in [-0.15, -0.1) is 0 Å². The molecule has 1 unspecified atom stereocenters. The van der Waals surface area contributed by atoms with E-state index in [-0.39, 0.29) is 11.5 Å². The van der Waals surface area contributed by atoms with E-state index in [0.29, 0.717) is 38.5 Å². The minimum atomic E-state index is -1.01. The van der Waals surface area contributed by atoms with Crippen LogP contribution in [0.15, 0.2) is 18.2 Å². The van der Waals surface area contributed by atoms with Gasteiger partial charge in [0.05, 0.1) is 12.0 Å². The fourth-order valence-corrected chi connectivity index (χ4v) is 3.98. The fraction of sp³-hybridized carbons (Fsp3) is 0.611. The highest BCUT2D eigenvalue weighted by atomic mass is 19.1. The number of likely N-dealkylation sites (tertiary alicyclic amines) is 1. The maximum Gasteiger partial charge on any atom is 0.233 e. The van der Waals surface area contributed by atoms with Crippen molar-refractivity contribution in [3.8, 4) is 0 Å². The van der Waals surface area contributed by atoms with Crippen molar-refractivity contribution >= 4 is 5.91 Å². The molecule has 23 heavy (non-hydrogen) atoms. The first-order valence-corrected chi connectivity index (χ1v) is 8.31. The zero-order chi connectivity index (χ0) is 16.4. The maximum absolute atomic E-state index is 14.3. The summed E-state index contributed by atoms with van der Waals surface area (Å²) in [4.78, 5) is 14.9. The molecule has 0 bridgehead atoms. The Hall–Kier alpha value is -1.49. The number of carbonyl (C=O) groups excluding carboxylic acids is 1. The molecule has 1 saturated heterocycles. The summed E-state index contributed by atoms with van der Waals surface area (Å²) in [6.07, 6.45) is 3.81. The molecule has 0 aromatic heterocycles. The normalized spacial score (nSPS) is 23.4. The Labute approximate surface area is 135 Å². The van der Waals surface area contributed by atoms with Gasteiger partial charge in [0, 0.05) is 25.8 Å². The van der Waals surface area contributed by atoms with Crippen LogP contribution in [0.25, 0.3) is 0 Å². The van der Waals surface area contributed by atoms with E-state index in [1.807, 2.05) is 0 Å². The van der Waals surface area contributed by atoms with Gasteiger partial charge in [-0.2, -0.15) is 0 Å². The lowest BCUT2D eigenvalue weighted by atomic mass is 9.63. The number of halogens is 2. The molecule has 1 aliphatic carbocycles. The van der Waals surface area contributed by atoms with Gasteiger partial charge in [-0.1, -0.05) is 12.5 Å². The Morgan fingerprint density at radius 3 is 2.57 bits per heavy atom. The average Bonchev–Trinajstić information content (AvgIpc) is 2.49. The topological polar surface area (TPSA) is 29.5 Å². The van der Waals surface area contributed by atoms with Crippen LogP contribution >= 0.6 is 0 Å². The second-order valence-corrected chi connectivity index (χ2v) is 6.75. The number of methoxy groups -OCH3 is 1. The van der Waals surface area contributed by atoms with Gasteiger partial charge < -0.3 is 9.64 Å². The number of carbonyl (C=O) groups is 1. The van der Waals surface area contributed by atoms with E-state index in [4.69, 9.17) is 4.74 Å². The molecular formula is C18H23F2NO2. The second-order valence-electron chi connectivity index (χ2n) is 6.75. The van der Waals surface area contributed by atoms with Crippen LogP contribution < -0.4 is 0 Å². The molecule has 1 aromatic rings. The number of ether oxygens (including phenoxy) is 1. The third-order valence-corrected chi connectivity index (χ3v) is 5.27. The quantitative estimate of drug-likeness (QED) is 0.851. The summed E-state index contributed by atoms with van der Waals surface area (Å²) in [5.41, 5.74) is -1.05. The third-order valence-electron chi connectivity index (χ3n) is 5.27. The molecule has 0 radical (unpaired) electrons. The number of amides is 1. The van der Waals surface area contributed by atoms with Crippen molar-refractivity contribution in [2.75, 3.05) is 26.8 Å². The molecule has 1 aliphatic heterocycles. The Morgan fingerprint density at radius 1 is 1.30 bits per heavy atom. The van der Waals surface area contributed by atoms with Gasteiger partial charge in [-0.3, -0.25) is 4.79 Å². The summed E-state index contributed by atoms with van der Waals surface area (Å²) in [6.45, 7) is 1.90. The van der Waals surface area contributed by atoms with E-state index in [0.717, 1.165) is 19.3 Å². The predicted octanol–water partition coefficient (Wildman–Crippen LogP) is 3.27. The summed E-state index contributed by atoms with van der Waals surface area (Å²) in [6, 6.07) is 3.84. The van der Waals surface area contributed by atoms with Gasteiger partial charge in [0.15, 0.2) is 0 Å². The average molecular weight is 323 g/mol. The Bertz CT molecular complexity index is 564. The summed E-state index contributed by atoms with van der Waals surface area (Å²) in [7, 11) is 1.66. The minimum Gasteiger partial charge on any atom is -0.384 e. The standard InChI is InChI=1S/C18H23F2NO2/c1-23-12-13-5-3-10-21(11-13)17(22)18(8-4-9-18)16-14(19)6-2-7-15(16)20/h2,6-7,13H,3-5,8-12H2,1H3. The highest BCUT2D eigenvalue weighted by Gasteiger charge is 2.51. The third kappa shape index (κ3) is 2.87. The van der Waals surface area contributed by atoms with Gasteiger partial charge in [0.25, 0.3) is 0 Å². The molecule has 126 valence electrons. The van der Waals surface area contributed by atoms with Crippen molar-refractivity contribution in [1.29, 1.82) is 0 Å². The highest BCUT2D eigenvalue weighted by molar-refractivity contribution is 5.89. The lowest BCUT2D eigenvalue weighted by Gasteiger charge is -2.46. The van der Waals surface area contributed by atoms with Gasteiger partial charge in [-0.05, 0) is 43.7 Å². The van der Waals surface area contributed by atoms with E-state index in [2.05, 4.69) is 0 Å². The van der Waals surface area contributed by atoms with Crippen molar-refractivity contribution in [2.24, 2.45) is 5.92 Å². The largest absolute Gasteiger partial charge is 0.384 e. The second kappa shape index (κ2) is 6.56. The molecule has 1 aromatic carbocycles. The first-order valence-electron chi connectivity index (χ1n) is 8.31. The molecular weight excluding hydrogens is 300 g/mol. The summed E-state index contributed by atoms with van der Waals surface area (Å²) in [5.74, 6) is -1.03. The zero-order valence-electron chi connectivity index (χ0n) is 13.5. The van der Waals surface area contributed by atoms with E-state index in [1.165, 1.54) is 18.2 Å². The Kier molecular flexibility index (Phi) is 4.67. The number of piperidine rings is 1. The van der Waals surface area contributed by atoms with Gasteiger partial charge in [-0.25, -0.2) is 8.78 Å². The summed E-state index contributed by atoms with van der Waals surface area (Å²) >= 11 is 0. The first kappa shape index (κ1) is 16.4. The molecule has 5 heteroatoms. The van der Waals surface area contributed by atoms with Crippen LogP contribution in [0.5, 0.6) is 0 Å². The molecule has 0 spiro atoms. The van der Waals surface area contributed by atoms with Crippen LogP contribution in [0.4, 0.5) is 8.78 Å². The van der Waals surface area contributed by atoms with E-state index in [1.54, 1.807) is 12.0 Å². The number of hydrogen-bond acceptors (Lipinski definition) is 2. The SMILES string of the molecule is COCC1CCCN(C(=O)C2(c3c(F)cccc3F)CCC2)C1. The molecule has 0 N–H and O–H groups in total. The van der Waals surface area contributed by atoms with Crippen molar-refractivity contribution in [3.05, 3.63) is 35.4 Å². The van der Waals surface area contributed by atoms with Gasteiger partial charge in [0.2, 0.25) is 5.91 Å². The zero-order valence-corrected chi connectivity index (χ0v) is 13.5. The number of rotatable bonds is 4. The molecule has 2 aliphatic rings. The molecule has 3 nitrogen and oxygen atoms in total. The molecule has 1 saturated carbocycles. The van der Waals surface area contributed by atoms with E-state index >= 15 is 0 Å². The number of hydrogen-bond donors (Lipinski definition) is 0. The smallest absolute Gasteiger partial charge is 0.233 e. The Balaban J connectivity index is 1.87. The number of nitrogens with zero attached hydrogens (tertiary/aromatic N) is 1. The van der Waals surface area contributed by atoms with Crippen LogP contribution in [0.3, 0.4) is 0 Å². The van der Waals surface area contributed by atoms with E-state index in [9.17, 15) is 13.6 Å².